The summed E-state index contributed by atoms with van der Waals surface area (Å²) in [7, 11) is 1.48. The van der Waals surface area contributed by atoms with Gasteiger partial charge in [0.1, 0.15) is 0 Å². The SMILES string of the molecule is CO[Si](OC)(C(C)C)N1CCCC2CCC(C)CC21. The number of piperidine rings is 1. The molecule has 1 saturated carbocycles. The summed E-state index contributed by atoms with van der Waals surface area (Å²) < 4.78 is 14.7. The minimum Gasteiger partial charge on any atom is -0.386 e. The molecule has 2 fully saturated rings. The van der Waals surface area contributed by atoms with E-state index >= 15 is 0 Å². The van der Waals surface area contributed by atoms with Gasteiger partial charge in [0.05, 0.1) is 0 Å². The summed E-state index contributed by atoms with van der Waals surface area (Å²) in [4.78, 5) is 0. The molecule has 3 nitrogen and oxygen atoms in total. The van der Waals surface area contributed by atoms with Gasteiger partial charge in [-0.05, 0) is 44.1 Å². The van der Waals surface area contributed by atoms with Gasteiger partial charge >= 0.3 is 8.72 Å². The average Bonchev–Trinajstić information content (AvgIpc) is 2.40. The van der Waals surface area contributed by atoms with E-state index in [4.69, 9.17) is 8.85 Å². The van der Waals surface area contributed by atoms with Gasteiger partial charge in [0.25, 0.3) is 0 Å². The fraction of sp³-hybridized carbons (Fsp3) is 1.00. The summed E-state index contributed by atoms with van der Waals surface area (Å²) >= 11 is 0. The summed E-state index contributed by atoms with van der Waals surface area (Å²) in [6.45, 7) is 8.09. The fourth-order valence-electron chi connectivity index (χ4n) is 4.33. The lowest BCUT2D eigenvalue weighted by Gasteiger charge is -2.52. The van der Waals surface area contributed by atoms with E-state index in [-0.39, 0.29) is 0 Å². The lowest BCUT2D eigenvalue weighted by molar-refractivity contribution is 0.0429. The molecule has 0 spiro atoms. The van der Waals surface area contributed by atoms with Gasteiger partial charge < -0.3 is 8.85 Å². The van der Waals surface area contributed by atoms with Crippen molar-refractivity contribution in [2.45, 2.75) is 64.5 Å². The third kappa shape index (κ3) is 2.78. The second-order valence-corrected chi connectivity index (χ2v) is 10.6. The molecule has 2 rings (SSSR count). The first-order valence-electron chi connectivity index (χ1n) is 7.92. The molecule has 0 aromatic rings. The minimum atomic E-state index is -2.22. The molecule has 0 aromatic carbocycles. The maximum atomic E-state index is 6.01. The summed E-state index contributed by atoms with van der Waals surface area (Å²) in [6, 6.07) is 0.700. The maximum absolute atomic E-state index is 6.01. The Morgan fingerprint density at radius 3 is 2.37 bits per heavy atom. The third-order valence-electron chi connectivity index (χ3n) is 5.31. The Bertz CT molecular complexity index is 294. The topological polar surface area (TPSA) is 21.7 Å². The monoisotopic (exact) mass is 285 g/mol. The van der Waals surface area contributed by atoms with Crippen LogP contribution in [0.1, 0.15) is 52.9 Å². The maximum Gasteiger partial charge on any atom is 0.430 e. The average molecular weight is 286 g/mol. The Hall–Kier alpha value is 0.0969. The smallest absolute Gasteiger partial charge is 0.386 e. The Kier molecular flexibility index (Phi) is 5.09. The molecule has 1 heterocycles. The van der Waals surface area contributed by atoms with Gasteiger partial charge in [-0.2, -0.15) is 0 Å². The predicted octanol–water partition coefficient (Wildman–Crippen LogP) is 3.53. The van der Waals surface area contributed by atoms with Crippen LogP contribution >= 0.6 is 0 Å². The van der Waals surface area contributed by atoms with Crippen molar-refractivity contribution in [1.29, 1.82) is 0 Å². The molecule has 3 unspecified atom stereocenters. The molecular formula is C15H31NO2Si. The normalized spacial score (nSPS) is 33.5. The number of fused-ring (bicyclic) bond motifs is 1. The van der Waals surface area contributed by atoms with Crippen LogP contribution in [-0.4, -0.2) is 40.1 Å². The minimum absolute atomic E-state index is 0.471. The Labute approximate surface area is 120 Å². The summed E-state index contributed by atoms with van der Waals surface area (Å²) in [6.07, 6.45) is 6.86. The zero-order chi connectivity index (χ0) is 14.0. The van der Waals surface area contributed by atoms with Crippen LogP contribution in [0.4, 0.5) is 0 Å². The van der Waals surface area contributed by atoms with Gasteiger partial charge in [-0.3, -0.25) is 4.57 Å². The zero-order valence-corrected chi connectivity index (χ0v) is 14.3. The Morgan fingerprint density at radius 1 is 1.11 bits per heavy atom. The van der Waals surface area contributed by atoms with E-state index in [2.05, 4.69) is 25.3 Å². The largest absolute Gasteiger partial charge is 0.430 e. The second kappa shape index (κ2) is 6.25. The van der Waals surface area contributed by atoms with E-state index in [0.717, 1.165) is 11.8 Å². The molecule has 0 bridgehead atoms. The van der Waals surface area contributed by atoms with Gasteiger partial charge in [-0.1, -0.05) is 27.2 Å². The van der Waals surface area contributed by atoms with Crippen LogP contribution < -0.4 is 0 Å². The molecule has 1 saturated heterocycles. The van der Waals surface area contributed by atoms with E-state index in [9.17, 15) is 0 Å². The summed E-state index contributed by atoms with van der Waals surface area (Å²) in [5.74, 6) is 1.73. The van der Waals surface area contributed by atoms with Crippen molar-refractivity contribution in [3.8, 4) is 0 Å². The molecule has 0 radical (unpaired) electrons. The van der Waals surface area contributed by atoms with Crippen molar-refractivity contribution in [3.63, 3.8) is 0 Å². The quantitative estimate of drug-likeness (QED) is 0.738. The first-order chi connectivity index (χ1) is 9.05. The molecule has 112 valence electrons. The van der Waals surface area contributed by atoms with Crippen molar-refractivity contribution >= 4 is 8.72 Å². The van der Waals surface area contributed by atoms with Crippen molar-refractivity contribution in [3.05, 3.63) is 0 Å². The molecule has 1 aliphatic carbocycles. The van der Waals surface area contributed by atoms with E-state index in [1.54, 1.807) is 0 Å². The highest BCUT2D eigenvalue weighted by Gasteiger charge is 2.52. The van der Waals surface area contributed by atoms with Crippen LogP contribution in [0.15, 0.2) is 0 Å². The summed E-state index contributed by atoms with van der Waals surface area (Å²) in [5.41, 5.74) is 0.471. The van der Waals surface area contributed by atoms with Crippen LogP contribution in [0.3, 0.4) is 0 Å². The first kappa shape index (κ1) is 15.5. The molecule has 0 amide bonds. The van der Waals surface area contributed by atoms with Gasteiger partial charge in [0.2, 0.25) is 0 Å². The van der Waals surface area contributed by atoms with E-state index in [0.29, 0.717) is 11.6 Å². The fourth-order valence-corrected chi connectivity index (χ4v) is 7.82. The van der Waals surface area contributed by atoms with Crippen molar-refractivity contribution in [2.24, 2.45) is 11.8 Å². The van der Waals surface area contributed by atoms with Crippen LogP contribution in [0, 0.1) is 11.8 Å². The first-order valence-corrected chi connectivity index (χ1v) is 9.76. The van der Waals surface area contributed by atoms with Gasteiger partial charge in [-0.15, -0.1) is 0 Å². The molecule has 0 N–H and O–H groups in total. The second-order valence-electron chi connectivity index (χ2n) is 6.77. The number of hydrogen-bond donors (Lipinski definition) is 0. The lowest BCUT2D eigenvalue weighted by atomic mass is 9.75. The van der Waals surface area contributed by atoms with Gasteiger partial charge in [0.15, 0.2) is 0 Å². The zero-order valence-electron chi connectivity index (χ0n) is 13.3. The number of nitrogens with zero attached hydrogens (tertiary/aromatic N) is 1. The Balaban J connectivity index is 2.24. The Morgan fingerprint density at radius 2 is 1.79 bits per heavy atom. The molecule has 2 aliphatic rings. The highest BCUT2D eigenvalue weighted by Crippen LogP contribution is 2.42. The van der Waals surface area contributed by atoms with Crippen molar-refractivity contribution in [2.75, 3.05) is 20.8 Å². The lowest BCUT2D eigenvalue weighted by Crippen LogP contribution is -2.66. The van der Waals surface area contributed by atoms with Gasteiger partial charge in [0, 0.05) is 25.8 Å². The van der Waals surface area contributed by atoms with Crippen LogP contribution in [0.5, 0.6) is 0 Å². The van der Waals surface area contributed by atoms with Crippen molar-refractivity contribution < 1.29 is 8.85 Å². The highest BCUT2D eigenvalue weighted by molar-refractivity contribution is 6.66. The van der Waals surface area contributed by atoms with Crippen LogP contribution in [-0.2, 0) is 8.85 Å². The highest BCUT2D eigenvalue weighted by atomic mass is 28.4. The van der Waals surface area contributed by atoms with Gasteiger partial charge in [-0.25, -0.2) is 0 Å². The standard InChI is InChI=1S/C15H31NO2Si/c1-12(2)19(17-4,18-5)16-10-6-7-14-9-8-13(3)11-15(14)16/h12-15H,6-11H2,1-5H3. The molecule has 3 atom stereocenters. The van der Waals surface area contributed by atoms with E-state index in [1.807, 2.05) is 14.2 Å². The molecule has 19 heavy (non-hydrogen) atoms. The van der Waals surface area contributed by atoms with Crippen molar-refractivity contribution in [1.82, 2.24) is 4.57 Å². The van der Waals surface area contributed by atoms with E-state index in [1.165, 1.54) is 38.6 Å². The molecule has 0 aromatic heterocycles. The molecule has 4 heteroatoms. The summed E-state index contributed by atoms with van der Waals surface area (Å²) in [5, 5.41) is 0. The molecule has 1 aliphatic heterocycles. The number of rotatable bonds is 4. The molecular weight excluding hydrogens is 254 g/mol. The number of hydrogen-bond acceptors (Lipinski definition) is 3. The predicted molar refractivity (Wildman–Crippen MR) is 81.1 cm³/mol. The van der Waals surface area contributed by atoms with Crippen LogP contribution in [0.25, 0.3) is 0 Å². The van der Waals surface area contributed by atoms with Crippen LogP contribution in [0.2, 0.25) is 5.54 Å². The van der Waals surface area contributed by atoms with E-state index < -0.39 is 8.72 Å². The third-order valence-corrected chi connectivity index (χ3v) is 9.29.